The van der Waals surface area contributed by atoms with Crippen molar-refractivity contribution in [1.82, 2.24) is 5.32 Å². The molecule has 1 N–H and O–H groups in total. The molecule has 0 atom stereocenters. The predicted molar refractivity (Wildman–Crippen MR) is 97.9 cm³/mol. The van der Waals surface area contributed by atoms with E-state index in [2.05, 4.69) is 11.4 Å². The molecule has 2 rings (SSSR count). The van der Waals surface area contributed by atoms with Crippen molar-refractivity contribution >= 4 is 21.6 Å². The quantitative estimate of drug-likeness (QED) is 0.802. The van der Waals surface area contributed by atoms with E-state index in [-0.39, 0.29) is 5.91 Å². The highest BCUT2D eigenvalue weighted by molar-refractivity contribution is 7.92. The molecule has 0 bridgehead atoms. The zero-order valence-electron chi connectivity index (χ0n) is 14.6. The summed E-state index contributed by atoms with van der Waals surface area (Å²) in [6.07, 6.45) is 9.08. The minimum Gasteiger partial charge on any atom is -0.352 e. The van der Waals surface area contributed by atoms with Gasteiger partial charge in [0.05, 0.1) is 11.9 Å². The van der Waals surface area contributed by atoms with Crippen molar-refractivity contribution in [2.24, 2.45) is 0 Å². The third kappa shape index (κ3) is 4.84. The fourth-order valence-electron chi connectivity index (χ4n) is 2.84. The summed E-state index contributed by atoms with van der Waals surface area (Å²) in [6.45, 7) is 2.43. The van der Waals surface area contributed by atoms with Gasteiger partial charge in [0.1, 0.15) is 0 Å². The van der Waals surface area contributed by atoms with Crippen molar-refractivity contribution < 1.29 is 13.2 Å². The van der Waals surface area contributed by atoms with Gasteiger partial charge in [-0.1, -0.05) is 17.7 Å². The number of aryl methyl sites for hydroxylation is 1. The molecule has 1 aromatic rings. The summed E-state index contributed by atoms with van der Waals surface area (Å²) in [4.78, 5) is 12.3. The monoisotopic (exact) mass is 350 g/mol. The van der Waals surface area contributed by atoms with Crippen LogP contribution >= 0.6 is 0 Å². The first-order chi connectivity index (χ1) is 11.3. The van der Waals surface area contributed by atoms with Crippen molar-refractivity contribution in [3.63, 3.8) is 0 Å². The number of nitrogens with one attached hydrogen (secondary N) is 1. The number of hydrogen-bond donors (Lipinski definition) is 1. The zero-order chi connectivity index (χ0) is 17.7. The van der Waals surface area contributed by atoms with Crippen LogP contribution in [0, 0.1) is 6.92 Å². The van der Waals surface area contributed by atoms with E-state index in [1.165, 1.54) is 29.8 Å². The van der Waals surface area contributed by atoms with Gasteiger partial charge in [0.15, 0.2) is 0 Å². The van der Waals surface area contributed by atoms with Crippen molar-refractivity contribution in [1.29, 1.82) is 0 Å². The maximum Gasteiger partial charge on any atom is 0.251 e. The van der Waals surface area contributed by atoms with E-state index in [0.717, 1.165) is 31.1 Å². The fourth-order valence-corrected chi connectivity index (χ4v) is 3.39. The van der Waals surface area contributed by atoms with Crippen molar-refractivity contribution in [3.05, 3.63) is 41.0 Å². The number of sulfonamides is 1. The summed E-state index contributed by atoms with van der Waals surface area (Å²) in [5.74, 6) is -0.172. The molecule has 132 valence electrons. The summed E-state index contributed by atoms with van der Waals surface area (Å²) in [7, 11) is -1.86. The smallest absolute Gasteiger partial charge is 0.251 e. The zero-order valence-corrected chi connectivity index (χ0v) is 15.4. The van der Waals surface area contributed by atoms with Gasteiger partial charge in [-0.2, -0.15) is 0 Å². The van der Waals surface area contributed by atoms with E-state index in [0.29, 0.717) is 17.8 Å². The molecule has 0 saturated heterocycles. The molecule has 0 heterocycles. The van der Waals surface area contributed by atoms with Gasteiger partial charge in [0, 0.05) is 19.2 Å². The SMILES string of the molecule is Cc1ccc(C(=O)NCCC2=CCCCC2)cc1N(C)S(C)(=O)=O. The number of carbonyl (C=O) groups is 1. The number of rotatable bonds is 6. The van der Waals surface area contributed by atoms with Crippen LogP contribution < -0.4 is 9.62 Å². The lowest BCUT2D eigenvalue weighted by Gasteiger charge is -2.20. The standard InChI is InChI=1S/C18H26N2O3S/c1-14-9-10-16(13-17(14)20(2)24(3,22)23)18(21)19-12-11-15-7-5-4-6-8-15/h7,9-10,13H,4-6,8,11-12H2,1-3H3,(H,19,21). The number of anilines is 1. The Morgan fingerprint density at radius 2 is 2.04 bits per heavy atom. The molecule has 24 heavy (non-hydrogen) atoms. The number of carbonyl (C=O) groups excluding carboxylic acids is 1. The van der Waals surface area contributed by atoms with Gasteiger partial charge in [-0.05, 0) is 56.7 Å². The van der Waals surface area contributed by atoms with Gasteiger partial charge < -0.3 is 5.32 Å². The molecule has 0 saturated carbocycles. The topological polar surface area (TPSA) is 66.5 Å². The van der Waals surface area contributed by atoms with Gasteiger partial charge in [-0.25, -0.2) is 8.42 Å². The molecule has 1 aromatic carbocycles. The third-order valence-electron chi connectivity index (χ3n) is 4.42. The maximum absolute atomic E-state index is 12.3. The molecule has 1 aliphatic carbocycles. The lowest BCUT2D eigenvalue weighted by molar-refractivity contribution is 0.0954. The largest absolute Gasteiger partial charge is 0.352 e. The fraction of sp³-hybridized carbons (Fsp3) is 0.500. The minimum absolute atomic E-state index is 0.172. The van der Waals surface area contributed by atoms with E-state index in [1.807, 2.05) is 6.92 Å². The molecule has 0 unspecified atom stereocenters. The van der Waals surface area contributed by atoms with Crippen LogP contribution in [0.4, 0.5) is 5.69 Å². The van der Waals surface area contributed by atoms with Gasteiger partial charge in [0.2, 0.25) is 10.0 Å². The van der Waals surface area contributed by atoms with Gasteiger partial charge >= 0.3 is 0 Å². The third-order valence-corrected chi connectivity index (χ3v) is 5.62. The molecule has 6 heteroatoms. The van der Waals surface area contributed by atoms with E-state index < -0.39 is 10.0 Å². The summed E-state index contributed by atoms with van der Waals surface area (Å²) in [6, 6.07) is 5.13. The highest BCUT2D eigenvalue weighted by atomic mass is 32.2. The molecular formula is C18H26N2O3S. The summed E-state index contributed by atoms with van der Waals surface area (Å²) < 4.78 is 24.7. The van der Waals surface area contributed by atoms with Crippen LogP contribution in [-0.4, -0.2) is 34.2 Å². The average molecular weight is 350 g/mol. The number of hydrogen-bond acceptors (Lipinski definition) is 3. The van der Waals surface area contributed by atoms with Gasteiger partial charge in [-0.15, -0.1) is 0 Å². The van der Waals surface area contributed by atoms with Crippen LogP contribution in [0.15, 0.2) is 29.8 Å². The van der Waals surface area contributed by atoms with Crippen LogP contribution in [0.3, 0.4) is 0 Å². The van der Waals surface area contributed by atoms with Crippen molar-refractivity contribution in [2.75, 3.05) is 24.2 Å². The molecular weight excluding hydrogens is 324 g/mol. The molecule has 1 aliphatic rings. The number of amides is 1. The molecule has 0 spiro atoms. The molecule has 0 fully saturated rings. The van der Waals surface area contributed by atoms with Crippen LogP contribution in [0.2, 0.25) is 0 Å². The predicted octanol–water partition coefficient (Wildman–Crippen LogP) is 3.01. The van der Waals surface area contributed by atoms with Crippen molar-refractivity contribution in [2.45, 2.75) is 39.0 Å². The highest BCUT2D eigenvalue weighted by Gasteiger charge is 2.16. The van der Waals surface area contributed by atoms with Crippen LogP contribution in [0.1, 0.15) is 48.0 Å². The first-order valence-corrected chi connectivity index (χ1v) is 10.1. The Kier molecular flexibility index (Phi) is 6.04. The second kappa shape index (κ2) is 7.83. The Morgan fingerprint density at radius 1 is 1.29 bits per heavy atom. The van der Waals surface area contributed by atoms with E-state index in [4.69, 9.17) is 0 Å². The van der Waals surface area contributed by atoms with E-state index >= 15 is 0 Å². The molecule has 5 nitrogen and oxygen atoms in total. The molecule has 0 aromatic heterocycles. The summed E-state index contributed by atoms with van der Waals surface area (Å²) in [5, 5.41) is 2.92. The second-order valence-corrected chi connectivity index (χ2v) is 8.36. The van der Waals surface area contributed by atoms with Crippen LogP contribution in [-0.2, 0) is 10.0 Å². The number of nitrogens with zero attached hydrogens (tertiary/aromatic N) is 1. The lowest BCUT2D eigenvalue weighted by atomic mass is 9.97. The molecule has 0 aliphatic heterocycles. The van der Waals surface area contributed by atoms with E-state index in [9.17, 15) is 13.2 Å². The lowest BCUT2D eigenvalue weighted by Crippen LogP contribution is -2.27. The van der Waals surface area contributed by atoms with Crippen LogP contribution in [0.25, 0.3) is 0 Å². The minimum atomic E-state index is -3.36. The van der Waals surface area contributed by atoms with Gasteiger partial charge in [-0.3, -0.25) is 9.10 Å². The molecule has 1 amide bonds. The molecule has 0 radical (unpaired) electrons. The van der Waals surface area contributed by atoms with E-state index in [1.54, 1.807) is 18.2 Å². The van der Waals surface area contributed by atoms with Crippen LogP contribution in [0.5, 0.6) is 0 Å². The average Bonchev–Trinajstić information content (AvgIpc) is 2.54. The van der Waals surface area contributed by atoms with Gasteiger partial charge in [0.25, 0.3) is 5.91 Å². The number of benzene rings is 1. The normalized spacial score (nSPS) is 14.9. The maximum atomic E-state index is 12.3. The second-order valence-electron chi connectivity index (χ2n) is 6.35. The summed E-state index contributed by atoms with van der Waals surface area (Å²) in [5.41, 5.74) is 3.23. The first kappa shape index (κ1) is 18.5. The number of allylic oxidation sites excluding steroid dienone is 1. The first-order valence-electron chi connectivity index (χ1n) is 8.29. The Labute approximate surface area is 144 Å². The Hall–Kier alpha value is -1.82. The summed E-state index contributed by atoms with van der Waals surface area (Å²) >= 11 is 0. The highest BCUT2D eigenvalue weighted by Crippen LogP contribution is 2.23. The Morgan fingerprint density at radius 3 is 2.67 bits per heavy atom. The van der Waals surface area contributed by atoms with Crippen molar-refractivity contribution in [3.8, 4) is 0 Å². The Balaban J connectivity index is 2.03. The Bertz CT molecular complexity index is 739.